The highest BCUT2D eigenvalue weighted by Gasteiger charge is 2.15. The van der Waals surface area contributed by atoms with Gasteiger partial charge >= 0.3 is 0 Å². The summed E-state index contributed by atoms with van der Waals surface area (Å²) in [7, 11) is 0. The number of nitro benzene ring substituents is 1. The Morgan fingerprint density at radius 1 is 1.53 bits per heavy atom. The van der Waals surface area contributed by atoms with E-state index >= 15 is 0 Å². The van der Waals surface area contributed by atoms with Gasteiger partial charge in [-0.2, -0.15) is 0 Å². The summed E-state index contributed by atoms with van der Waals surface area (Å²) in [5.74, 6) is 0. The minimum Gasteiger partial charge on any atom is -0.393 e. The first kappa shape index (κ1) is 11.7. The lowest BCUT2D eigenvalue weighted by molar-refractivity contribution is -0.385. The molecule has 82 valence electrons. The monoisotopic (exact) mass is 209 g/mol. The van der Waals surface area contributed by atoms with E-state index in [-0.39, 0.29) is 10.6 Å². The van der Waals surface area contributed by atoms with Gasteiger partial charge in [0.1, 0.15) is 0 Å². The normalized spacial score (nSPS) is 12.5. The van der Waals surface area contributed by atoms with Crippen molar-refractivity contribution >= 4 is 5.69 Å². The van der Waals surface area contributed by atoms with Crippen molar-refractivity contribution in [2.75, 3.05) is 0 Å². The fourth-order valence-corrected chi connectivity index (χ4v) is 1.54. The van der Waals surface area contributed by atoms with Crippen molar-refractivity contribution in [3.63, 3.8) is 0 Å². The number of hydrogen-bond acceptors (Lipinski definition) is 3. The van der Waals surface area contributed by atoms with Crippen LogP contribution in [0.5, 0.6) is 0 Å². The molecule has 0 radical (unpaired) electrons. The number of aliphatic hydroxyl groups excluding tert-OH is 1. The molecule has 1 atom stereocenters. The molecule has 1 unspecified atom stereocenters. The Labute approximate surface area is 88.7 Å². The number of aliphatic hydroxyl groups is 1. The molecule has 0 fully saturated rings. The Kier molecular flexibility index (Phi) is 3.80. The molecule has 0 aliphatic rings. The van der Waals surface area contributed by atoms with E-state index in [4.69, 9.17) is 5.11 Å². The largest absolute Gasteiger partial charge is 0.393 e. The molecule has 1 aromatic carbocycles. The average Bonchev–Trinajstić information content (AvgIpc) is 2.15. The van der Waals surface area contributed by atoms with Crippen LogP contribution in [-0.2, 0) is 6.42 Å². The van der Waals surface area contributed by atoms with Gasteiger partial charge in [-0.15, -0.1) is 0 Å². The van der Waals surface area contributed by atoms with Crippen molar-refractivity contribution in [3.8, 4) is 0 Å². The molecule has 4 nitrogen and oxygen atoms in total. The van der Waals surface area contributed by atoms with Crippen LogP contribution in [0.15, 0.2) is 18.2 Å². The summed E-state index contributed by atoms with van der Waals surface area (Å²) >= 11 is 0. The molecule has 0 aromatic heterocycles. The van der Waals surface area contributed by atoms with E-state index in [2.05, 4.69) is 0 Å². The van der Waals surface area contributed by atoms with Crippen molar-refractivity contribution in [1.82, 2.24) is 0 Å². The molecule has 0 saturated heterocycles. The standard InChI is InChI=1S/C11H15NO3/c1-8-4-3-5-11(12(14)15)10(8)7-6-9(2)13/h3-5,9,13H,6-7H2,1-2H3. The molecule has 0 bridgehead atoms. The van der Waals surface area contributed by atoms with Gasteiger partial charge in [0, 0.05) is 11.6 Å². The zero-order valence-electron chi connectivity index (χ0n) is 8.93. The summed E-state index contributed by atoms with van der Waals surface area (Å²) in [5.41, 5.74) is 1.78. The van der Waals surface area contributed by atoms with Gasteiger partial charge in [-0.3, -0.25) is 10.1 Å². The number of benzene rings is 1. The lowest BCUT2D eigenvalue weighted by Gasteiger charge is -2.07. The molecule has 1 aromatic rings. The zero-order chi connectivity index (χ0) is 11.4. The van der Waals surface area contributed by atoms with E-state index in [0.29, 0.717) is 12.8 Å². The summed E-state index contributed by atoms with van der Waals surface area (Å²) < 4.78 is 0. The van der Waals surface area contributed by atoms with Crippen LogP contribution in [0.25, 0.3) is 0 Å². The number of aryl methyl sites for hydroxylation is 1. The Balaban J connectivity index is 2.97. The van der Waals surface area contributed by atoms with E-state index in [0.717, 1.165) is 11.1 Å². The summed E-state index contributed by atoms with van der Waals surface area (Å²) in [6.45, 7) is 3.54. The molecule has 0 saturated carbocycles. The molecule has 1 N–H and O–H groups in total. The first-order valence-corrected chi connectivity index (χ1v) is 4.93. The molecule has 0 aliphatic heterocycles. The minimum absolute atomic E-state index is 0.149. The van der Waals surface area contributed by atoms with Crippen molar-refractivity contribution in [3.05, 3.63) is 39.4 Å². The number of nitro groups is 1. The number of rotatable bonds is 4. The number of nitrogens with zero attached hydrogens (tertiary/aromatic N) is 1. The van der Waals surface area contributed by atoms with Crippen LogP contribution >= 0.6 is 0 Å². The quantitative estimate of drug-likeness (QED) is 0.610. The second kappa shape index (κ2) is 4.89. The van der Waals surface area contributed by atoms with Gasteiger partial charge < -0.3 is 5.11 Å². The predicted octanol–water partition coefficient (Wildman–Crippen LogP) is 2.22. The Morgan fingerprint density at radius 2 is 2.20 bits per heavy atom. The smallest absolute Gasteiger partial charge is 0.272 e. The molecule has 1 rings (SSSR count). The second-order valence-corrected chi connectivity index (χ2v) is 3.72. The Bertz CT molecular complexity index is 361. The highest BCUT2D eigenvalue weighted by atomic mass is 16.6. The van der Waals surface area contributed by atoms with Gasteiger partial charge in [0.15, 0.2) is 0 Å². The van der Waals surface area contributed by atoms with Crippen molar-refractivity contribution < 1.29 is 10.0 Å². The van der Waals surface area contributed by atoms with Crippen molar-refractivity contribution in [2.45, 2.75) is 32.8 Å². The van der Waals surface area contributed by atoms with Gasteiger partial charge in [-0.05, 0) is 32.3 Å². The number of hydrogen-bond donors (Lipinski definition) is 1. The van der Waals surface area contributed by atoms with Gasteiger partial charge in [0.2, 0.25) is 0 Å². The lowest BCUT2D eigenvalue weighted by atomic mass is 10.0. The van der Waals surface area contributed by atoms with Crippen LogP contribution in [0.4, 0.5) is 5.69 Å². The molecule has 0 heterocycles. The van der Waals surface area contributed by atoms with E-state index in [1.54, 1.807) is 13.0 Å². The molecule has 0 aliphatic carbocycles. The average molecular weight is 209 g/mol. The molecular formula is C11H15NO3. The summed E-state index contributed by atoms with van der Waals surface area (Å²) in [4.78, 5) is 10.4. The van der Waals surface area contributed by atoms with Crippen LogP contribution in [0.2, 0.25) is 0 Å². The molecular weight excluding hydrogens is 194 g/mol. The van der Waals surface area contributed by atoms with Crippen molar-refractivity contribution in [1.29, 1.82) is 0 Å². The maximum atomic E-state index is 10.8. The zero-order valence-corrected chi connectivity index (χ0v) is 8.93. The molecule has 0 spiro atoms. The van der Waals surface area contributed by atoms with Gasteiger partial charge in [-0.1, -0.05) is 12.1 Å². The Hall–Kier alpha value is -1.42. The highest BCUT2D eigenvalue weighted by Crippen LogP contribution is 2.23. The SMILES string of the molecule is Cc1cccc([N+](=O)[O-])c1CCC(C)O. The third-order valence-electron chi connectivity index (χ3n) is 2.39. The lowest BCUT2D eigenvalue weighted by Crippen LogP contribution is -2.04. The fraction of sp³-hybridized carbons (Fsp3) is 0.455. The van der Waals surface area contributed by atoms with E-state index < -0.39 is 6.10 Å². The molecule has 4 heteroatoms. The van der Waals surface area contributed by atoms with Gasteiger partial charge in [0.05, 0.1) is 11.0 Å². The minimum atomic E-state index is -0.427. The Morgan fingerprint density at radius 3 is 2.73 bits per heavy atom. The molecule has 0 amide bonds. The van der Waals surface area contributed by atoms with Gasteiger partial charge in [0.25, 0.3) is 5.69 Å². The third kappa shape index (κ3) is 3.02. The van der Waals surface area contributed by atoms with Crippen molar-refractivity contribution in [2.24, 2.45) is 0 Å². The van der Waals surface area contributed by atoms with E-state index in [1.807, 2.05) is 13.0 Å². The predicted molar refractivity (Wildman–Crippen MR) is 57.8 cm³/mol. The van der Waals surface area contributed by atoms with Gasteiger partial charge in [-0.25, -0.2) is 0 Å². The first-order chi connectivity index (χ1) is 7.02. The fourth-order valence-electron chi connectivity index (χ4n) is 1.54. The van der Waals surface area contributed by atoms with E-state index in [1.165, 1.54) is 6.07 Å². The second-order valence-electron chi connectivity index (χ2n) is 3.72. The highest BCUT2D eigenvalue weighted by molar-refractivity contribution is 5.45. The van der Waals surface area contributed by atoms with Crippen LogP contribution in [0, 0.1) is 17.0 Å². The van der Waals surface area contributed by atoms with Crippen LogP contribution < -0.4 is 0 Å². The topological polar surface area (TPSA) is 63.4 Å². The maximum absolute atomic E-state index is 10.8. The molecule has 15 heavy (non-hydrogen) atoms. The first-order valence-electron chi connectivity index (χ1n) is 4.93. The van der Waals surface area contributed by atoms with Crippen LogP contribution in [-0.4, -0.2) is 16.1 Å². The third-order valence-corrected chi connectivity index (χ3v) is 2.39. The summed E-state index contributed by atoms with van der Waals surface area (Å²) in [6, 6.07) is 5.04. The summed E-state index contributed by atoms with van der Waals surface area (Å²) in [5, 5.41) is 19.9. The maximum Gasteiger partial charge on any atom is 0.272 e. The van der Waals surface area contributed by atoms with E-state index in [9.17, 15) is 10.1 Å². The van der Waals surface area contributed by atoms with Crippen LogP contribution in [0.3, 0.4) is 0 Å². The summed E-state index contributed by atoms with van der Waals surface area (Å²) in [6.07, 6.45) is 0.663. The van der Waals surface area contributed by atoms with Crippen LogP contribution in [0.1, 0.15) is 24.5 Å².